The highest BCUT2D eigenvalue weighted by Gasteiger charge is 2.21. The molecular formula is C22H23ClN4O2. The molecular weight excluding hydrogens is 388 g/mol. The van der Waals surface area contributed by atoms with Crippen molar-refractivity contribution in [3.05, 3.63) is 89.0 Å². The highest BCUT2D eigenvalue weighted by molar-refractivity contribution is 6.30. The Balaban J connectivity index is 1.50. The summed E-state index contributed by atoms with van der Waals surface area (Å²) in [6.45, 7) is 3.46. The van der Waals surface area contributed by atoms with Gasteiger partial charge in [0.25, 0.3) is 0 Å². The largest absolute Gasteiger partial charge is 0.465 e. The Morgan fingerprint density at radius 3 is 2.45 bits per heavy atom. The molecule has 1 amide bonds. The van der Waals surface area contributed by atoms with E-state index >= 15 is 0 Å². The second-order valence-corrected chi connectivity index (χ2v) is 7.69. The summed E-state index contributed by atoms with van der Waals surface area (Å²) < 4.78 is 2.08. The summed E-state index contributed by atoms with van der Waals surface area (Å²) in [6, 6.07) is 16.5. The van der Waals surface area contributed by atoms with Gasteiger partial charge in [0.15, 0.2) is 0 Å². The third-order valence-corrected chi connectivity index (χ3v) is 5.57. The van der Waals surface area contributed by atoms with Crippen molar-refractivity contribution in [2.24, 2.45) is 0 Å². The van der Waals surface area contributed by atoms with E-state index in [1.807, 2.05) is 30.7 Å². The SMILES string of the molecule is O=C(O)N1CCN(Cc2ccc(C(c3cccc(Cl)c3)n3ccnc3)cc2)CC1. The number of nitrogens with zero attached hydrogens (tertiary/aromatic N) is 4. The molecule has 0 radical (unpaired) electrons. The number of halogens is 1. The van der Waals surface area contributed by atoms with E-state index in [9.17, 15) is 4.79 Å². The number of hydrogen-bond acceptors (Lipinski definition) is 3. The van der Waals surface area contributed by atoms with Crippen LogP contribution < -0.4 is 0 Å². The second-order valence-electron chi connectivity index (χ2n) is 7.25. The zero-order valence-electron chi connectivity index (χ0n) is 16.0. The molecule has 4 rings (SSSR count). The summed E-state index contributed by atoms with van der Waals surface area (Å²) in [5.74, 6) is 0. The second kappa shape index (κ2) is 8.68. The molecule has 2 aromatic carbocycles. The van der Waals surface area contributed by atoms with Gasteiger partial charge in [-0.2, -0.15) is 0 Å². The number of benzene rings is 2. The lowest BCUT2D eigenvalue weighted by Crippen LogP contribution is -2.47. The zero-order valence-corrected chi connectivity index (χ0v) is 16.7. The first kappa shape index (κ1) is 19.5. The molecule has 1 aliphatic rings. The van der Waals surface area contributed by atoms with Gasteiger partial charge < -0.3 is 14.6 Å². The molecule has 1 aliphatic heterocycles. The first-order valence-corrected chi connectivity index (χ1v) is 10.00. The monoisotopic (exact) mass is 410 g/mol. The van der Waals surface area contributed by atoms with Gasteiger partial charge in [0.05, 0.1) is 12.4 Å². The van der Waals surface area contributed by atoms with E-state index in [2.05, 4.69) is 44.8 Å². The first-order valence-electron chi connectivity index (χ1n) is 9.62. The van der Waals surface area contributed by atoms with Gasteiger partial charge >= 0.3 is 6.09 Å². The van der Waals surface area contributed by atoms with Crippen LogP contribution in [0.4, 0.5) is 4.79 Å². The lowest BCUT2D eigenvalue weighted by atomic mass is 9.97. The van der Waals surface area contributed by atoms with Crippen LogP contribution in [0.2, 0.25) is 5.02 Å². The van der Waals surface area contributed by atoms with Crippen LogP contribution in [0.25, 0.3) is 0 Å². The van der Waals surface area contributed by atoms with Gasteiger partial charge in [-0.25, -0.2) is 9.78 Å². The fourth-order valence-electron chi connectivity index (χ4n) is 3.80. The molecule has 2 heterocycles. The Labute approximate surface area is 175 Å². The number of carboxylic acid groups (broad SMARTS) is 1. The summed E-state index contributed by atoms with van der Waals surface area (Å²) in [6.07, 6.45) is 4.73. The van der Waals surface area contributed by atoms with E-state index in [1.54, 1.807) is 6.20 Å². The molecule has 1 saturated heterocycles. The van der Waals surface area contributed by atoms with E-state index in [0.717, 1.165) is 30.8 Å². The molecule has 0 spiro atoms. The number of imidazole rings is 1. The van der Waals surface area contributed by atoms with Crippen molar-refractivity contribution in [2.75, 3.05) is 26.2 Å². The van der Waals surface area contributed by atoms with E-state index in [1.165, 1.54) is 10.5 Å². The van der Waals surface area contributed by atoms with Gasteiger partial charge in [0.1, 0.15) is 0 Å². The van der Waals surface area contributed by atoms with Gasteiger partial charge in [-0.3, -0.25) is 4.90 Å². The molecule has 0 aliphatic carbocycles. The average molecular weight is 411 g/mol. The smallest absolute Gasteiger partial charge is 0.407 e. The summed E-state index contributed by atoms with van der Waals surface area (Å²) >= 11 is 6.23. The minimum atomic E-state index is -0.833. The Hall–Kier alpha value is -2.83. The number of piperazine rings is 1. The number of rotatable bonds is 5. The lowest BCUT2D eigenvalue weighted by molar-refractivity contribution is 0.103. The minimum Gasteiger partial charge on any atom is -0.465 e. The van der Waals surface area contributed by atoms with Crippen LogP contribution in [-0.4, -0.2) is 56.7 Å². The van der Waals surface area contributed by atoms with Crippen molar-refractivity contribution < 1.29 is 9.90 Å². The molecule has 150 valence electrons. The van der Waals surface area contributed by atoms with E-state index in [0.29, 0.717) is 18.1 Å². The number of amides is 1. The molecule has 7 heteroatoms. The van der Waals surface area contributed by atoms with E-state index < -0.39 is 6.09 Å². The fraction of sp³-hybridized carbons (Fsp3) is 0.273. The quantitative estimate of drug-likeness (QED) is 0.691. The third kappa shape index (κ3) is 4.60. The number of carbonyl (C=O) groups is 1. The van der Waals surface area contributed by atoms with Gasteiger partial charge in [-0.05, 0) is 28.8 Å². The maximum absolute atomic E-state index is 11.0. The van der Waals surface area contributed by atoms with E-state index in [4.69, 9.17) is 16.7 Å². The van der Waals surface area contributed by atoms with Crippen molar-refractivity contribution in [1.82, 2.24) is 19.4 Å². The topological polar surface area (TPSA) is 61.6 Å². The van der Waals surface area contributed by atoms with Gasteiger partial charge in [-0.1, -0.05) is 48.0 Å². The molecule has 1 N–H and O–H groups in total. The van der Waals surface area contributed by atoms with Crippen LogP contribution >= 0.6 is 11.6 Å². The molecule has 1 unspecified atom stereocenters. The highest BCUT2D eigenvalue weighted by Crippen LogP contribution is 2.28. The van der Waals surface area contributed by atoms with Crippen LogP contribution in [-0.2, 0) is 6.54 Å². The minimum absolute atomic E-state index is 0.00404. The van der Waals surface area contributed by atoms with Crippen molar-refractivity contribution >= 4 is 17.7 Å². The first-order chi connectivity index (χ1) is 14.1. The Morgan fingerprint density at radius 1 is 1.07 bits per heavy atom. The maximum atomic E-state index is 11.0. The van der Waals surface area contributed by atoms with Crippen LogP contribution in [0, 0.1) is 0 Å². The standard InChI is InChI=1S/C22H23ClN4O2/c23-20-3-1-2-19(14-20)21(27-9-8-24-16-27)18-6-4-17(5-7-18)15-25-10-12-26(13-11-25)22(28)29/h1-9,14,16,21H,10-13,15H2,(H,28,29). The number of hydrogen-bond donors (Lipinski definition) is 1. The van der Waals surface area contributed by atoms with Crippen LogP contribution in [0.5, 0.6) is 0 Å². The molecule has 3 aromatic rings. The summed E-state index contributed by atoms with van der Waals surface area (Å²) in [5.41, 5.74) is 3.48. The summed E-state index contributed by atoms with van der Waals surface area (Å²) in [5, 5.41) is 9.79. The molecule has 1 atom stereocenters. The third-order valence-electron chi connectivity index (χ3n) is 5.33. The van der Waals surface area contributed by atoms with Crippen molar-refractivity contribution in [3.63, 3.8) is 0 Å². The van der Waals surface area contributed by atoms with Gasteiger partial charge in [0, 0.05) is 50.1 Å². The zero-order chi connectivity index (χ0) is 20.2. The molecule has 6 nitrogen and oxygen atoms in total. The highest BCUT2D eigenvalue weighted by atomic mass is 35.5. The molecule has 1 fully saturated rings. The van der Waals surface area contributed by atoms with Crippen molar-refractivity contribution in [2.45, 2.75) is 12.6 Å². The lowest BCUT2D eigenvalue weighted by Gasteiger charge is -2.33. The Bertz CT molecular complexity index is 951. The van der Waals surface area contributed by atoms with Crippen LogP contribution in [0.3, 0.4) is 0 Å². The summed E-state index contributed by atoms with van der Waals surface area (Å²) in [4.78, 5) is 19.0. The normalized spacial score (nSPS) is 16.0. The Morgan fingerprint density at radius 2 is 1.83 bits per heavy atom. The number of aromatic nitrogens is 2. The van der Waals surface area contributed by atoms with E-state index in [-0.39, 0.29) is 6.04 Å². The van der Waals surface area contributed by atoms with Gasteiger partial charge in [-0.15, -0.1) is 0 Å². The summed E-state index contributed by atoms with van der Waals surface area (Å²) in [7, 11) is 0. The predicted octanol–water partition coefficient (Wildman–Crippen LogP) is 3.97. The molecule has 0 bridgehead atoms. The molecule has 1 aromatic heterocycles. The van der Waals surface area contributed by atoms with Gasteiger partial charge in [0.2, 0.25) is 0 Å². The molecule has 29 heavy (non-hydrogen) atoms. The Kier molecular flexibility index (Phi) is 5.83. The average Bonchev–Trinajstić information content (AvgIpc) is 3.24. The van der Waals surface area contributed by atoms with Crippen molar-refractivity contribution in [1.29, 1.82) is 0 Å². The van der Waals surface area contributed by atoms with Crippen LogP contribution in [0.15, 0.2) is 67.3 Å². The fourth-order valence-corrected chi connectivity index (χ4v) is 4.00. The van der Waals surface area contributed by atoms with Crippen molar-refractivity contribution in [3.8, 4) is 0 Å². The van der Waals surface area contributed by atoms with Crippen LogP contribution in [0.1, 0.15) is 22.7 Å². The predicted molar refractivity (Wildman–Crippen MR) is 112 cm³/mol. The molecule has 0 saturated carbocycles. The maximum Gasteiger partial charge on any atom is 0.407 e.